The third-order valence-corrected chi connectivity index (χ3v) is 4.96. The first kappa shape index (κ1) is 16.3. The molecule has 9 heteroatoms. The minimum Gasteiger partial charge on any atom is -0.365 e. The average Bonchev–Trinajstić information content (AvgIpc) is 3.28. The molecule has 0 aromatic carbocycles. The molecule has 2 amide bonds. The predicted octanol–water partition coefficient (Wildman–Crippen LogP) is 2.92. The van der Waals surface area contributed by atoms with Crippen molar-refractivity contribution < 1.29 is 14.1 Å². The molecule has 0 aliphatic heterocycles. The molecule has 0 unspecified atom stereocenters. The van der Waals surface area contributed by atoms with Gasteiger partial charge in [-0.1, -0.05) is 11.2 Å². The summed E-state index contributed by atoms with van der Waals surface area (Å²) in [4.78, 5) is 28.8. The Balaban J connectivity index is 1.49. The molecule has 3 rings (SSSR count). The summed E-state index contributed by atoms with van der Waals surface area (Å²) in [5.74, 6) is 0.328. The van der Waals surface area contributed by atoms with Gasteiger partial charge in [-0.05, 0) is 29.3 Å². The van der Waals surface area contributed by atoms with Crippen molar-refractivity contribution in [2.45, 2.75) is 19.3 Å². The maximum Gasteiger partial charge on any atom is 0.260 e. The van der Waals surface area contributed by atoms with Crippen molar-refractivity contribution in [2.75, 3.05) is 5.32 Å². The van der Waals surface area contributed by atoms with Crippen LogP contribution in [0.15, 0.2) is 33.5 Å². The summed E-state index contributed by atoms with van der Waals surface area (Å²) in [6.07, 6.45) is 1.36. The van der Waals surface area contributed by atoms with Gasteiger partial charge in [-0.15, -0.1) is 22.7 Å². The number of thiophene rings is 2. The Morgan fingerprint density at radius 3 is 2.88 bits per heavy atom. The minimum absolute atomic E-state index is 0.186. The van der Waals surface area contributed by atoms with Crippen molar-refractivity contribution in [3.63, 3.8) is 0 Å². The topological polar surface area (TPSA) is 111 Å². The molecule has 3 N–H and O–H groups in total. The number of nitrogens with zero attached hydrogens (tertiary/aromatic N) is 2. The van der Waals surface area contributed by atoms with Gasteiger partial charge in [0.2, 0.25) is 17.6 Å². The zero-order chi connectivity index (χ0) is 16.9. The van der Waals surface area contributed by atoms with E-state index in [9.17, 15) is 9.59 Å². The van der Waals surface area contributed by atoms with Crippen molar-refractivity contribution in [2.24, 2.45) is 5.73 Å². The molecular formula is C15H14N4O3S2. The predicted molar refractivity (Wildman–Crippen MR) is 92.0 cm³/mol. The highest BCUT2D eigenvalue weighted by molar-refractivity contribution is 7.13. The molecule has 0 aliphatic rings. The number of hydrogen-bond donors (Lipinski definition) is 2. The molecule has 0 atom stereocenters. The molecule has 7 nitrogen and oxygen atoms in total. The number of aryl methyl sites for hydroxylation is 1. The summed E-state index contributed by atoms with van der Waals surface area (Å²) < 4.78 is 5.18. The first-order valence-electron chi connectivity index (χ1n) is 7.17. The number of aromatic nitrogens is 2. The van der Waals surface area contributed by atoms with E-state index in [1.807, 2.05) is 17.5 Å². The molecule has 24 heavy (non-hydrogen) atoms. The highest BCUT2D eigenvalue weighted by Gasteiger charge is 2.13. The number of carbonyl (C=O) groups excluding carboxylic acids is 2. The molecule has 0 spiro atoms. The van der Waals surface area contributed by atoms with Crippen LogP contribution in [-0.4, -0.2) is 22.0 Å². The summed E-state index contributed by atoms with van der Waals surface area (Å²) in [7, 11) is 0. The van der Waals surface area contributed by atoms with Crippen LogP contribution in [-0.2, 0) is 11.2 Å². The summed E-state index contributed by atoms with van der Waals surface area (Å²) in [6.45, 7) is 0. The first-order chi connectivity index (χ1) is 11.6. The van der Waals surface area contributed by atoms with Gasteiger partial charge in [-0.3, -0.25) is 9.59 Å². The highest BCUT2D eigenvalue weighted by atomic mass is 32.1. The molecule has 0 saturated carbocycles. The lowest BCUT2D eigenvalue weighted by atomic mass is 10.2. The van der Waals surface area contributed by atoms with Crippen molar-refractivity contribution >= 4 is 40.2 Å². The SMILES string of the molecule is NC(=O)c1sccc1NC(=O)CCCc1nc(-c2cccs2)no1. The van der Waals surface area contributed by atoms with Gasteiger partial charge in [0, 0.05) is 12.8 Å². The smallest absolute Gasteiger partial charge is 0.260 e. The minimum atomic E-state index is -0.549. The largest absolute Gasteiger partial charge is 0.365 e. The number of carbonyl (C=O) groups is 2. The Morgan fingerprint density at radius 1 is 1.25 bits per heavy atom. The maximum absolute atomic E-state index is 11.9. The van der Waals surface area contributed by atoms with Gasteiger partial charge in [-0.25, -0.2) is 0 Å². The summed E-state index contributed by atoms with van der Waals surface area (Å²) in [5, 5.41) is 10.3. The number of hydrogen-bond acceptors (Lipinski definition) is 7. The van der Waals surface area contributed by atoms with E-state index in [4.69, 9.17) is 10.3 Å². The van der Waals surface area contributed by atoms with Gasteiger partial charge in [-0.2, -0.15) is 4.98 Å². The zero-order valence-electron chi connectivity index (χ0n) is 12.5. The van der Waals surface area contributed by atoms with Gasteiger partial charge in [0.05, 0.1) is 10.6 Å². The number of primary amides is 1. The van der Waals surface area contributed by atoms with Crippen LogP contribution >= 0.6 is 22.7 Å². The van der Waals surface area contributed by atoms with Gasteiger partial charge in [0.25, 0.3) is 5.91 Å². The Morgan fingerprint density at radius 2 is 2.12 bits per heavy atom. The Kier molecular flexibility index (Phi) is 5.02. The standard InChI is InChI=1S/C15H14N4O3S2/c16-14(21)13-9(6-8-24-13)17-11(20)4-1-5-12-18-15(19-22-12)10-3-2-7-23-10/h2-3,6-8H,1,4-5H2,(H2,16,21)(H,17,20). The lowest BCUT2D eigenvalue weighted by Crippen LogP contribution is -2.16. The fraction of sp³-hybridized carbons (Fsp3) is 0.200. The summed E-state index contributed by atoms with van der Waals surface area (Å²) >= 11 is 2.74. The van der Waals surface area contributed by atoms with Crippen LogP contribution < -0.4 is 11.1 Å². The molecule has 3 aromatic heterocycles. The van der Waals surface area contributed by atoms with Crippen LogP contribution in [0.1, 0.15) is 28.4 Å². The third kappa shape index (κ3) is 3.87. The lowest BCUT2D eigenvalue weighted by Gasteiger charge is -2.03. The maximum atomic E-state index is 11.9. The Labute approximate surface area is 145 Å². The zero-order valence-corrected chi connectivity index (χ0v) is 14.2. The molecule has 0 fully saturated rings. The molecule has 0 aliphatic carbocycles. The fourth-order valence-corrected chi connectivity index (χ4v) is 3.43. The number of nitrogens with two attached hydrogens (primary N) is 1. The second kappa shape index (κ2) is 7.37. The second-order valence-corrected chi connectivity index (χ2v) is 6.78. The van der Waals surface area contributed by atoms with Crippen molar-refractivity contribution in [1.29, 1.82) is 0 Å². The Hall–Kier alpha value is -2.52. The number of anilines is 1. The van der Waals surface area contributed by atoms with Crippen molar-refractivity contribution in [3.05, 3.63) is 39.7 Å². The van der Waals surface area contributed by atoms with Gasteiger partial charge >= 0.3 is 0 Å². The van der Waals surface area contributed by atoms with Crippen LogP contribution in [0.25, 0.3) is 10.7 Å². The highest BCUT2D eigenvalue weighted by Crippen LogP contribution is 2.23. The van der Waals surface area contributed by atoms with Crippen molar-refractivity contribution in [1.82, 2.24) is 10.1 Å². The average molecular weight is 362 g/mol. The molecular weight excluding hydrogens is 348 g/mol. The second-order valence-electron chi connectivity index (χ2n) is 4.92. The van der Waals surface area contributed by atoms with Gasteiger partial charge < -0.3 is 15.6 Å². The Bertz CT molecular complexity index is 839. The number of rotatable bonds is 7. The van der Waals surface area contributed by atoms with E-state index in [0.29, 0.717) is 35.1 Å². The summed E-state index contributed by atoms with van der Waals surface area (Å²) in [6, 6.07) is 5.50. The van der Waals surface area contributed by atoms with Crippen LogP contribution in [0, 0.1) is 0 Å². The van der Waals surface area contributed by atoms with E-state index in [1.54, 1.807) is 11.4 Å². The van der Waals surface area contributed by atoms with E-state index in [1.165, 1.54) is 22.7 Å². The molecule has 0 radical (unpaired) electrons. The molecule has 0 saturated heterocycles. The third-order valence-electron chi connectivity index (χ3n) is 3.17. The van der Waals surface area contributed by atoms with Crippen LogP contribution in [0.2, 0.25) is 0 Å². The van der Waals surface area contributed by atoms with E-state index < -0.39 is 5.91 Å². The quantitative estimate of drug-likeness (QED) is 0.671. The normalized spacial score (nSPS) is 10.7. The molecule has 3 aromatic rings. The van der Waals surface area contributed by atoms with Gasteiger partial charge in [0.1, 0.15) is 4.88 Å². The number of amides is 2. The summed E-state index contributed by atoms with van der Waals surface area (Å²) in [5.41, 5.74) is 5.70. The van der Waals surface area contributed by atoms with E-state index in [0.717, 1.165) is 4.88 Å². The molecule has 0 bridgehead atoms. The van der Waals surface area contributed by atoms with E-state index in [2.05, 4.69) is 15.5 Å². The molecule has 124 valence electrons. The van der Waals surface area contributed by atoms with Crippen LogP contribution in [0.3, 0.4) is 0 Å². The fourth-order valence-electron chi connectivity index (χ4n) is 2.07. The number of nitrogens with one attached hydrogen (secondary N) is 1. The van der Waals surface area contributed by atoms with Crippen LogP contribution in [0.5, 0.6) is 0 Å². The van der Waals surface area contributed by atoms with Gasteiger partial charge in [0.15, 0.2) is 0 Å². The van der Waals surface area contributed by atoms with E-state index in [-0.39, 0.29) is 12.3 Å². The molecule has 3 heterocycles. The first-order valence-corrected chi connectivity index (χ1v) is 8.93. The van der Waals surface area contributed by atoms with Crippen molar-refractivity contribution in [3.8, 4) is 10.7 Å². The lowest BCUT2D eigenvalue weighted by molar-refractivity contribution is -0.116. The van der Waals surface area contributed by atoms with E-state index >= 15 is 0 Å². The van der Waals surface area contributed by atoms with Crippen LogP contribution in [0.4, 0.5) is 5.69 Å². The monoisotopic (exact) mass is 362 g/mol.